The number of nitrogens with zero attached hydrogens (tertiary/aromatic N) is 2. The fraction of sp³-hybridized carbons (Fsp3) is 0.600. The molecule has 2 heterocycles. The number of amides is 1. The zero-order valence-electron chi connectivity index (χ0n) is 4.37. The quantitative estimate of drug-likeness (QED) is 0.403. The molecule has 3 heteroatoms. The van der Waals surface area contributed by atoms with E-state index in [9.17, 15) is 4.79 Å². The van der Waals surface area contributed by atoms with Crippen molar-refractivity contribution in [2.75, 3.05) is 0 Å². The Morgan fingerprint density at radius 1 is 1.88 bits per heavy atom. The number of hydrogen-bond acceptors (Lipinski definition) is 2. The minimum absolute atomic E-state index is 0.170. The zero-order chi connectivity index (χ0) is 5.56. The van der Waals surface area contributed by atoms with E-state index in [4.69, 9.17) is 0 Å². The predicted molar refractivity (Wildman–Crippen MR) is 28.4 cm³/mol. The molecule has 2 rings (SSSR count). The Morgan fingerprint density at radius 3 is 3.25 bits per heavy atom. The van der Waals surface area contributed by atoms with Gasteiger partial charge in [0.25, 0.3) is 0 Å². The first-order chi connectivity index (χ1) is 3.88. The standard InChI is InChI=1S/C5H6N2O/c8-5-3-4-1-2-6-7(4)5/h2,4H,1,3H2. The van der Waals surface area contributed by atoms with Crippen LogP contribution >= 0.6 is 0 Å². The van der Waals surface area contributed by atoms with Crippen LogP contribution in [0.4, 0.5) is 0 Å². The normalized spacial score (nSPS) is 32.8. The molecule has 0 aromatic heterocycles. The van der Waals surface area contributed by atoms with Gasteiger partial charge in [-0.25, -0.2) is 5.01 Å². The highest BCUT2D eigenvalue weighted by atomic mass is 16.2. The minimum Gasteiger partial charge on any atom is -0.273 e. The van der Waals surface area contributed by atoms with E-state index in [1.807, 2.05) is 0 Å². The van der Waals surface area contributed by atoms with E-state index < -0.39 is 0 Å². The molecule has 0 saturated carbocycles. The van der Waals surface area contributed by atoms with E-state index in [-0.39, 0.29) is 5.91 Å². The Balaban J connectivity index is 2.21. The average molecular weight is 110 g/mol. The van der Waals surface area contributed by atoms with Gasteiger partial charge in [0.15, 0.2) is 0 Å². The fourth-order valence-corrected chi connectivity index (χ4v) is 1.07. The van der Waals surface area contributed by atoms with E-state index in [1.165, 1.54) is 0 Å². The molecule has 0 aromatic rings. The maximum absolute atomic E-state index is 10.5. The second kappa shape index (κ2) is 1.10. The Labute approximate surface area is 47.0 Å². The first-order valence-electron chi connectivity index (χ1n) is 2.72. The summed E-state index contributed by atoms with van der Waals surface area (Å²) in [6.45, 7) is 0. The molecule has 0 N–H and O–H groups in total. The van der Waals surface area contributed by atoms with Crippen molar-refractivity contribution in [2.24, 2.45) is 5.10 Å². The summed E-state index contributed by atoms with van der Waals surface area (Å²) in [5.41, 5.74) is 0. The van der Waals surface area contributed by atoms with Crippen LogP contribution < -0.4 is 0 Å². The van der Waals surface area contributed by atoms with Crippen LogP contribution in [0.2, 0.25) is 0 Å². The molecule has 3 nitrogen and oxygen atoms in total. The lowest BCUT2D eigenvalue weighted by molar-refractivity contribution is -0.144. The molecule has 0 aromatic carbocycles. The molecule has 0 spiro atoms. The van der Waals surface area contributed by atoms with Gasteiger partial charge in [-0.05, 0) is 0 Å². The highest BCUT2D eigenvalue weighted by molar-refractivity contribution is 5.86. The molecule has 2 aliphatic heterocycles. The molecule has 1 atom stereocenters. The molecule has 8 heavy (non-hydrogen) atoms. The van der Waals surface area contributed by atoms with Gasteiger partial charge in [0.05, 0.1) is 12.5 Å². The summed E-state index contributed by atoms with van der Waals surface area (Å²) in [5, 5.41) is 5.40. The molecular weight excluding hydrogens is 104 g/mol. The first kappa shape index (κ1) is 4.06. The molecule has 1 saturated heterocycles. The van der Waals surface area contributed by atoms with Crippen molar-refractivity contribution in [3.05, 3.63) is 0 Å². The summed E-state index contributed by atoms with van der Waals surface area (Å²) >= 11 is 0. The van der Waals surface area contributed by atoms with E-state index >= 15 is 0 Å². The molecule has 0 radical (unpaired) electrons. The monoisotopic (exact) mass is 110 g/mol. The Bertz CT molecular complexity index is 164. The van der Waals surface area contributed by atoms with Gasteiger partial charge in [-0.1, -0.05) is 0 Å². The smallest absolute Gasteiger partial charge is 0.245 e. The van der Waals surface area contributed by atoms with Gasteiger partial charge in [-0.15, -0.1) is 0 Å². The summed E-state index contributed by atoms with van der Waals surface area (Å²) in [4.78, 5) is 10.5. The number of fused-ring (bicyclic) bond motifs is 1. The molecule has 42 valence electrons. The van der Waals surface area contributed by atoms with E-state index in [0.29, 0.717) is 12.5 Å². The largest absolute Gasteiger partial charge is 0.273 e. The Hall–Kier alpha value is -0.860. The van der Waals surface area contributed by atoms with Crippen molar-refractivity contribution in [2.45, 2.75) is 18.9 Å². The number of rotatable bonds is 0. The lowest BCUT2D eigenvalue weighted by Crippen LogP contribution is -2.45. The van der Waals surface area contributed by atoms with Gasteiger partial charge >= 0.3 is 0 Å². The first-order valence-corrected chi connectivity index (χ1v) is 2.72. The lowest BCUT2D eigenvalue weighted by atomic mass is 10.0. The second-order valence-corrected chi connectivity index (χ2v) is 2.13. The van der Waals surface area contributed by atoms with Crippen molar-refractivity contribution >= 4 is 12.1 Å². The molecule has 1 amide bonds. The maximum atomic E-state index is 10.5. The SMILES string of the molecule is O=C1CC2CC=NN12. The van der Waals surface area contributed by atoms with Crippen molar-refractivity contribution in [3.8, 4) is 0 Å². The van der Waals surface area contributed by atoms with Crippen LogP contribution in [0.25, 0.3) is 0 Å². The zero-order valence-corrected chi connectivity index (χ0v) is 4.37. The number of carbonyl (C=O) groups excluding carboxylic acids is 1. The molecule has 1 fully saturated rings. The van der Waals surface area contributed by atoms with Crippen molar-refractivity contribution in [1.29, 1.82) is 0 Å². The summed E-state index contributed by atoms with van der Waals surface area (Å²) < 4.78 is 0. The van der Waals surface area contributed by atoms with Crippen molar-refractivity contribution in [1.82, 2.24) is 5.01 Å². The minimum atomic E-state index is 0.170. The van der Waals surface area contributed by atoms with E-state index in [1.54, 1.807) is 11.2 Å². The predicted octanol–water partition coefficient (Wildman–Crippen LogP) is -0.0232. The van der Waals surface area contributed by atoms with E-state index in [0.717, 1.165) is 6.42 Å². The molecular formula is C5H6N2O. The fourth-order valence-electron chi connectivity index (χ4n) is 1.07. The second-order valence-electron chi connectivity index (χ2n) is 2.13. The third-order valence-electron chi connectivity index (χ3n) is 1.60. The Morgan fingerprint density at radius 2 is 2.75 bits per heavy atom. The van der Waals surface area contributed by atoms with Crippen LogP contribution in [0.1, 0.15) is 12.8 Å². The molecule has 1 unspecified atom stereocenters. The highest BCUT2D eigenvalue weighted by Crippen LogP contribution is 2.25. The number of hydrazone groups is 1. The van der Waals surface area contributed by atoms with Gasteiger partial charge in [0.1, 0.15) is 0 Å². The van der Waals surface area contributed by atoms with Gasteiger partial charge in [0.2, 0.25) is 5.91 Å². The van der Waals surface area contributed by atoms with Crippen LogP contribution in [0.5, 0.6) is 0 Å². The van der Waals surface area contributed by atoms with Crippen molar-refractivity contribution < 1.29 is 4.79 Å². The number of carbonyl (C=O) groups is 1. The Kier molecular flexibility index (Phi) is 0.559. The topological polar surface area (TPSA) is 32.7 Å². The number of β-lactam (4-membered cyclic amide) rings is 1. The summed E-state index contributed by atoms with van der Waals surface area (Å²) in [6, 6.07) is 0.433. The average Bonchev–Trinajstić information content (AvgIpc) is 2.09. The van der Waals surface area contributed by atoms with Crippen LogP contribution in [-0.2, 0) is 4.79 Å². The highest BCUT2D eigenvalue weighted by Gasteiger charge is 2.37. The van der Waals surface area contributed by atoms with Gasteiger partial charge in [-0.3, -0.25) is 4.79 Å². The lowest BCUT2D eigenvalue weighted by Gasteiger charge is -2.30. The summed E-state index contributed by atoms with van der Waals surface area (Å²) in [7, 11) is 0. The number of hydrogen-bond donors (Lipinski definition) is 0. The summed E-state index contributed by atoms with van der Waals surface area (Å²) in [5.74, 6) is 0.170. The van der Waals surface area contributed by atoms with Crippen LogP contribution in [0, 0.1) is 0 Å². The van der Waals surface area contributed by atoms with Gasteiger partial charge in [0, 0.05) is 12.6 Å². The molecule has 0 aliphatic carbocycles. The van der Waals surface area contributed by atoms with Gasteiger partial charge in [-0.2, -0.15) is 5.10 Å². The van der Waals surface area contributed by atoms with Crippen LogP contribution in [-0.4, -0.2) is 23.2 Å². The maximum Gasteiger partial charge on any atom is 0.245 e. The van der Waals surface area contributed by atoms with E-state index in [2.05, 4.69) is 5.10 Å². The van der Waals surface area contributed by atoms with Gasteiger partial charge < -0.3 is 0 Å². The molecule has 0 bridgehead atoms. The molecule has 2 aliphatic rings. The van der Waals surface area contributed by atoms with Crippen LogP contribution in [0.15, 0.2) is 5.10 Å². The third-order valence-corrected chi connectivity index (χ3v) is 1.60. The third kappa shape index (κ3) is 0.300. The van der Waals surface area contributed by atoms with Crippen LogP contribution in [0.3, 0.4) is 0 Å². The van der Waals surface area contributed by atoms with Crippen molar-refractivity contribution in [3.63, 3.8) is 0 Å². The summed E-state index contributed by atoms with van der Waals surface area (Å²) in [6.07, 6.45) is 3.47.